The van der Waals surface area contributed by atoms with Crippen LogP contribution < -0.4 is 10.5 Å². The van der Waals surface area contributed by atoms with E-state index in [0.717, 1.165) is 0 Å². The van der Waals surface area contributed by atoms with Crippen molar-refractivity contribution in [1.29, 1.82) is 5.26 Å². The molecule has 0 radical (unpaired) electrons. The van der Waals surface area contributed by atoms with Crippen LogP contribution in [-0.4, -0.2) is 4.98 Å². The molecule has 2 N–H and O–H groups in total. The van der Waals surface area contributed by atoms with Gasteiger partial charge in [-0.05, 0) is 35.8 Å². The van der Waals surface area contributed by atoms with Crippen LogP contribution in [0, 0.1) is 31.0 Å². The van der Waals surface area contributed by atoms with Gasteiger partial charge in [-0.3, -0.25) is 4.98 Å². The molecule has 0 atom stereocenters. The Hall–Kier alpha value is -2.13. The highest BCUT2D eigenvalue weighted by molar-refractivity contribution is 9.10. The number of nitriles is 1. The molecule has 0 aliphatic heterocycles. The third kappa shape index (κ3) is 2.73. The number of nitrogens with zero attached hydrogens (tertiary/aromatic N) is 2. The fourth-order valence-corrected chi connectivity index (χ4v) is 2.12. The van der Waals surface area contributed by atoms with E-state index in [-0.39, 0.29) is 15.9 Å². The third-order valence-corrected chi connectivity index (χ3v) is 3.28. The quantitative estimate of drug-likeness (QED) is 0.846. The number of anilines is 1. The Kier molecular flexibility index (Phi) is 3.91. The fraction of sp³-hybridized carbons (Fsp3) is 0.143. The molecule has 0 unspecified atom stereocenters. The number of halogens is 2. The summed E-state index contributed by atoms with van der Waals surface area (Å²) in [6.07, 6.45) is 0. The van der Waals surface area contributed by atoms with Gasteiger partial charge < -0.3 is 10.5 Å². The lowest BCUT2D eigenvalue weighted by Gasteiger charge is -2.12. The highest BCUT2D eigenvalue weighted by Gasteiger charge is 2.13. The van der Waals surface area contributed by atoms with Gasteiger partial charge in [0.25, 0.3) is 0 Å². The molecule has 0 aliphatic carbocycles. The van der Waals surface area contributed by atoms with E-state index in [2.05, 4.69) is 20.9 Å². The summed E-state index contributed by atoms with van der Waals surface area (Å²) in [7, 11) is 0. The minimum absolute atomic E-state index is 0.159. The van der Waals surface area contributed by atoms with E-state index >= 15 is 0 Å². The highest BCUT2D eigenvalue weighted by atomic mass is 79.9. The number of aromatic nitrogens is 1. The van der Waals surface area contributed by atoms with Crippen molar-refractivity contribution in [3.05, 3.63) is 45.4 Å². The molecule has 20 heavy (non-hydrogen) atoms. The summed E-state index contributed by atoms with van der Waals surface area (Å²) in [5.41, 5.74) is 7.62. The summed E-state index contributed by atoms with van der Waals surface area (Å²) in [6, 6.07) is 6.23. The Labute approximate surface area is 124 Å². The van der Waals surface area contributed by atoms with E-state index in [1.165, 1.54) is 12.1 Å². The van der Waals surface area contributed by atoms with Gasteiger partial charge in [0.05, 0.1) is 15.9 Å². The van der Waals surface area contributed by atoms with Crippen molar-refractivity contribution in [2.24, 2.45) is 0 Å². The van der Waals surface area contributed by atoms with Gasteiger partial charge in [-0.25, -0.2) is 4.39 Å². The number of rotatable bonds is 2. The number of hydrogen-bond donors (Lipinski definition) is 1. The maximum Gasteiger partial charge on any atom is 0.153 e. The van der Waals surface area contributed by atoms with E-state index in [0.29, 0.717) is 22.7 Å². The Morgan fingerprint density at radius 3 is 2.65 bits per heavy atom. The summed E-state index contributed by atoms with van der Waals surface area (Å²) in [4.78, 5) is 4.19. The van der Waals surface area contributed by atoms with Crippen molar-refractivity contribution in [3.63, 3.8) is 0 Å². The summed E-state index contributed by atoms with van der Waals surface area (Å²) in [5, 5.41) is 9.15. The average Bonchev–Trinajstić information content (AvgIpc) is 2.35. The number of benzene rings is 1. The van der Waals surface area contributed by atoms with E-state index in [1.807, 2.05) is 6.07 Å². The highest BCUT2D eigenvalue weighted by Crippen LogP contribution is 2.34. The zero-order chi connectivity index (χ0) is 14.9. The average molecular weight is 336 g/mol. The molecular weight excluding hydrogens is 325 g/mol. The van der Waals surface area contributed by atoms with Crippen LogP contribution in [0.4, 0.5) is 10.1 Å². The van der Waals surface area contributed by atoms with Gasteiger partial charge in [0.2, 0.25) is 0 Å². The van der Waals surface area contributed by atoms with Crippen LogP contribution in [0.2, 0.25) is 0 Å². The van der Waals surface area contributed by atoms with Crippen molar-refractivity contribution in [3.8, 4) is 17.6 Å². The Morgan fingerprint density at radius 2 is 2.00 bits per heavy atom. The minimum Gasteiger partial charge on any atom is -0.454 e. The molecule has 0 saturated carbocycles. The lowest BCUT2D eigenvalue weighted by molar-refractivity contribution is 0.475. The second kappa shape index (κ2) is 5.47. The lowest BCUT2D eigenvalue weighted by Crippen LogP contribution is -1.99. The molecular formula is C14H11BrFN3O. The molecule has 0 aliphatic rings. The number of nitrogen functional groups attached to an aromatic ring is 1. The molecule has 0 bridgehead atoms. The first-order valence-corrected chi connectivity index (χ1v) is 6.52. The van der Waals surface area contributed by atoms with Gasteiger partial charge in [0.1, 0.15) is 23.2 Å². The maximum absolute atomic E-state index is 13.5. The summed E-state index contributed by atoms with van der Waals surface area (Å²) in [5.74, 6) is -0.0201. The predicted molar refractivity (Wildman–Crippen MR) is 77.0 cm³/mol. The van der Waals surface area contributed by atoms with Crippen molar-refractivity contribution in [2.45, 2.75) is 13.8 Å². The van der Waals surface area contributed by atoms with Gasteiger partial charge in [0.15, 0.2) is 5.75 Å². The first kappa shape index (κ1) is 14.3. The van der Waals surface area contributed by atoms with Crippen LogP contribution >= 0.6 is 15.9 Å². The zero-order valence-corrected chi connectivity index (χ0v) is 12.5. The molecule has 0 saturated heterocycles. The molecule has 102 valence electrons. The molecule has 6 heteroatoms. The summed E-state index contributed by atoms with van der Waals surface area (Å²) >= 11 is 3.04. The molecule has 2 rings (SSSR count). The van der Waals surface area contributed by atoms with Crippen molar-refractivity contribution in [1.82, 2.24) is 4.98 Å². The predicted octanol–water partition coefficient (Wildman–Crippen LogP) is 3.85. The van der Waals surface area contributed by atoms with E-state index < -0.39 is 5.82 Å². The Bertz CT molecular complexity index is 725. The van der Waals surface area contributed by atoms with Crippen LogP contribution in [0.25, 0.3) is 0 Å². The molecule has 1 aromatic carbocycles. The lowest BCUT2D eigenvalue weighted by atomic mass is 10.2. The van der Waals surface area contributed by atoms with E-state index in [9.17, 15) is 4.39 Å². The molecule has 1 heterocycles. The smallest absolute Gasteiger partial charge is 0.153 e. The van der Waals surface area contributed by atoms with Gasteiger partial charge in [-0.1, -0.05) is 0 Å². The molecule has 1 aromatic heterocycles. The van der Waals surface area contributed by atoms with Crippen LogP contribution in [0.5, 0.6) is 11.5 Å². The van der Waals surface area contributed by atoms with Gasteiger partial charge in [-0.15, -0.1) is 0 Å². The third-order valence-electron chi connectivity index (χ3n) is 2.68. The number of aryl methyl sites for hydroxylation is 2. The molecule has 0 amide bonds. The van der Waals surface area contributed by atoms with E-state index in [4.69, 9.17) is 15.7 Å². The number of ether oxygens (including phenoxy) is 1. The first-order chi connectivity index (χ1) is 9.42. The Morgan fingerprint density at radius 1 is 1.30 bits per heavy atom. The molecule has 4 nitrogen and oxygen atoms in total. The zero-order valence-electron chi connectivity index (χ0n) is 10.9. The maximum atomic E-state index is 13.5. The molecule has 0 fully saturated rings. The van der Waals surface area contributed by atoms with Crippen LogP contribution in [0.3, 0.4) is 0 Å². The van der Waals surface area contributed by atoms with E-state index in [1.54, 1.807) is 19.9 Å². The van der Waals surface area contributed by atoms with Crippen molar-refractivity contribution < 1.29 is 9.13 Å². The number of nitrogens with two attached hydrogens (primary N) is 1. The normalized spacial score (nSPS) is 10.2. The standard InChI is InChI=1S/C14H11BrFN3O/c1-7-3-13(9(6-17)8(2)19-7)20-14-5-11(16)10(15)4-12(14)18/h3-5H,18H2,1-2H3. The second-order valence-electron chi connectivity index (χ2n) is 4.24. The second-order valence-corrected chi connectivity index (χ2v) is 5.09. The summed E-state index contributed by atoms with van der Waals surface area (Å²) < 4.78 is 19.4. The van der Waals surface area contributed by atoms with Crippen LogP contribution in [0.1, 0.15) is 17.0 Å². The van der Waals surface area contributed by atoms with Crippen LogP contribution in [0.15, 0.2) is 22.7 Å². The summed E-state index contributed by atoms with van der Waals surface area (Å²) in [6.45, 7) is 3.50. The van der Waals surface area contributed by atoms with Gasteiger partial charge in [0, 0.05) is 17.8 Å². The SMILES string of the molecule is Cc1cc(Oc2cc(F)c(Br)cc2N)c(C#N)c(C)n1. The fourth-order valence-electron chi connectivity index (χ4n) is 1.76. The van der Waals surface area contributed by atoms with Gasteiger partial charge in [-0.2, -0.15) is 5.26 Å². The number of pyridine rings is 1. The largest absolute Gasteiger partial charge is 0.454 e. The topological polar surface area (TPSA) is 71.9 Å². The van der Waals surface area contributed by atoms with Gasteiger partial charge >= 0.3 is 0 Å². The molecule has 2 aromatic rings. The van der Waals surface area contributed by atoms with Crippen molar-refractivity contribution >= 4 is 21.6 Å². The number of hydrogen-bond acceptors (Lipinski definition) is 4. The first-order valence-electron chi connectivity index (χ1n) is 5.73. The minimum atomic E-state index is -0.491. The monoisotopic (exact) mass is 335 g/mol. The molecule has 0 spiro atoms. The van der Waals surface area contributed by atoms with Crippen molar-refractivity contribution in [2.75, 3.05) is 5.73 Å². The van der Waals surface area contributed by atoms with Crippen LogP contribution in [-0.2, 0) is 0 Å². The Balaban J connectivity index is 2.51.